The summed E-state index contributed by atoms with van der Waals surface area (Å²) in [6, 6.07) is 12.0. The van der Waals surface area contributed by atoms with E-state index in [1.165, 1.54) is 4.90 Å². The van der Waals surface area contributed by atoms with E-state index in [9.17, 15) is 9.59 Å². The summed E-state index contributed by atoms with van der Waals surface area (Å²) in [4.78, 5) is 25.4. The van der Waals surface area contributed by atoms with Crippen molar-refractivity contribution in [2.45, 2.75) is 0 Å². The molecule has 0 atom stereocenters. The molecule has 23 heavy (non-hydrogen) atoms. The van der Waals surface area contributed by atoms with Gasteiger partial charge < -0.3 is 19.7 Å². The molecule has 0 radical (unpaired) electrons. The van der Waals surface area contributed by atoms with Gasteiger partial charge in [0.05, 0.1) is 12.8 Å². The summed E-state index contributed by atoms with van der Waals surface area (Å²) in [6.07, 6.45) is 0. The first kappa shape index (κ1) is 14.9. The van der Waals surface area contributed by atoms with Crippen molar-refractivity contribution in [3.05, 3.63) is 48.0 Å². The Labute approximate surface area is 133 Å². The molecule has 0 aliphatic carbocycles. The van der Waals surface area contributed by atoms with Crippen molar-refractivity contribution in [2.24, 2.45) is 0 Å². The number of fused-ring (bicyclic) bond motifs is 1. The van der Waals surface area contributed by atoms with E-state index in [1.54, 1.807) is 56.6 Å². The van der Waals surface area contributed by atoms with Crippen LogP contribution in [-0.4, -0.2) is 32.6 Å². The van der Waals surface area contributed by atoms with Gasteiger partial charge in [0.2, 0.25) is 0 Å². The van der Waals surface area contributed by atoms with E-state index < -0.39 is 0 Å². The second kappa shape index (κ2) is 6.00. The minimum absolute atomic E-state index is 0.000615. The number of nitrogens with one attached hydrogen (secondary N) is 1. The van der Waals surface area contributed by atoms with Gasteiger partial charge in [0, 0.05) is 24.4 Å². The first-order chi connectivity index (χ1) is 11.1. The van der Waals surface area contributed by atoms with E-state index in [0.717, 1.165) is 0 Å². The fourth-order valence-corrected chi connectivity index (χ4v) is 2.30. The van der Waals surface area contributed by atoms with Crippen molar-refractivity contribution in [2.75, 3.05) is 31.0 Å². The molecule has 6 heteroatoms. The summed E-state index contributed by atoms with van der Waals surface area (Å²) < 4.78 is 10.5. The summed E-state index contributed by atoms with van der Waals surface area (Å²) in [5.41, 5.74) is 1.81. The molecule has 0 aromatic heterocycles. The zero-order chi connectivity index (χ0) is 16.4. The Balaban J connectivity index is 1.77. The minimum Gasteiger partial charge on any atom is -0.497 e. The van der Waals surface area contributed by atoms with Crippen LogP contribution < -0.4 is 19.7 Å². The number of carbonyl (C=O) groups is 2. The standard InChI is InChI=1S/C17H16N2O4/c1-19-14-8-5-12(9-15(14)23-10-16(19)20)18-17(21)11-3-6-13(22-2)7-4-11/h3-9H,10H2,1-2H3,(H,18,21). The van der Waals surface area contributed by atoms with Crippen LogP contribution in [0.2, 0.25) is 0 Å². The average Bonchev–Trinajstić information content (AvgIpc) is 2.58. The predicted octanol–water partition coefficient (Wildman–Crippen LogP) is 2.30. The number of anilines is 2. The van der Waals surface area contributed by atoms with Crippen molar-refractivity contribution in [1.29, 1.82) is 0 Å². The SMILES string of the molecule is COc1ccc(C(=O)Nc2ccc3c(c2)OCC(=O)N3C)cc1. The number of likely N-dealkylation sites (N-methyl/N-ethyl adjacent to an activating group) is 1. The lowest BCUT2D eigenvalue weighted by Crippen LogP contribution is -2.35. The molecule has 0 saturated carbocycles. The highest BCUT2D eigenvalue weighted by Crippen LogP contribution is 2.33. The molecule has 2 amide bonds. The predicted molar refractivity (Wildman–Crippen MR) is 86.3 cm³/mol. The van der Waals surface area contributed by atoms with Gasteiger partial charge in [0.25, 0.3) is 11.8 Å². The maximum absolute atomic E-state index is 12.2. The molecule has 1 heterocycles. The highest BCUT2D eigenvalue weighted by atomic mass is 16.5. The summed E-state index contributed by atoms with van der Waals surface area (Å²) in [6.45, 7) is -0.000615. The van der Waals surface area contributed by atoms with Crippen LogP contribution in [0.3, 0.4) is 0 Å². The van der Waals surface area contributed by atoms with Crippen LogP contribution in [0.4, 0.5) is 11.4 Å². The van der Waals surface area contributed by atoms with Gasteiger partial charge in [-0.1, -0.05) is 0 Å². The van der Waals surface area contributed by atoms with Gasteiger partial charge in [-0.3, -0.25) is 9.59 Å². The molecule has 1 aliphatic heterocycles. The summed E-state index contributed by atoms with van der Waals surface area (Å²) in [5, 5.41) is 2.81. The molecule has 0 bridgehead atoms. The van der Waals surface area contributed by atoms with Crippen LogP contribution in [0.1, 0.15) is 10.4 Å². The van der Waals surface area contributed by atoms with Gasteiger partial charge in [-0.25, -0.2) is 0 Å². The van der Waals surface area contributed by atoms with Gasteiger partial charge in [-0.05, 0) is 36.4 Å². The molecule has 0 saturated heterocycles. The molecule has 1 aliphatic rings. The Morgan fingerprint density at radius 1 is 1.22 bits per heavy atom. The van der Waals surface area contributed by atoms with Gasteiger partial charge in [0.1, 0.15) is 11.5 Å². The van der Waals surface area contributed by atoms with Gasteiger partial charge in [0.15, 0.2) is 6.61 Å². The summed E-state index contributed by atoms with van der Waals surface area (Å²) >= 11 is 0. The number of amides is 2. The monoisotopic (exact) mass is 312 g/mol. The van der Waals surface area contributed by atoms with E-state index >= 15 is 0 Å². The third-order valence-corrected chi connectivity index (χ3v) is 3.66. The van der Waals surface area contributed by atoms with E-state index in [2.05, 4.69) is 5.32 Å². The number of nitrogens with zero attached hydrogens (tertiary/aromatic N) is 1. The van der Waals surface area contributed by atoms with Crippen LogP contribution in [0.15, 0.2) is 42.5 Å². The lowest BCUT2D eigenvalue weighted by atomic mass is 10.2. The number of benzene rings is 2. The Hall–Kier alpha value is -3.02. The van der Waals surface area contributed by atoms with E-state index in [1.807, 2.05) is 0 Å². The fraction of sp³-hybridized carbons (Fsp3) is 0.176. The molecule has 118 valence electrons. The number of ether oxygens (including phenoxy) is 2. The van der Waals surface area contributed by atoms with Crippen LogP contribution >= 0.6 is 0 Å². The number of rotatable bonds is 3. The van der Waals surface area contributed by atoms with Gasteiger partial charge in [-0.15, -0.1) is 0 Å². The lowest BCUT2D eigenvalue weighted by molar-refractivity contribution is -0.120. The first-order valence-electron chi connectivity index (χ1n) is 7.07. The topological polar surface area (TPSA) is 67.9 Å². The molecule has 0 fully saturated rings. The Morgan fingerprint density at radius 3 is 2.65 bits per heavy atom. The van der Waals surface area contributed by atoms with E-state index in [4.69, 9.17) is 9.47 Å². The Bertz CT molecular complexity index is 756. The molecule has 6 nitrogen and oxygen atoms in total. The molecule has 2 aromatic rings. The number of methoxy groups -OCH3 is 1. The quantitative estimate of drug-likeness (QED) is 0.944. The molecular formula is C17H16N2O4. The Kier molecular flexibility index (Phi) is 3.89. The maximum atomic E-state index is 12.2. The normalized spacial score (nSPS) is 13.1. The van der Waals surface area contributed by atoms with Crippen LogP contribution in [0.5, 0.6) is 11.5 Å². The van der Waals surface area contributed by atoms with Gasteiger partial charge >= 0.3 is 0 Å². The largest absolute Gasteiger partial charge is 0.497 e. The first-order valence-corrected chi connectivity index (χ1v) is 7.07. The number of hydrogen-bond donors (Lipinski definition) is 1. The third-order valence-electron chi connectivity index (χ3n) is 3.66. The van der Waals surface area contributed by atoms with Crippen LogP contribution in [0.25, 0.3) is 0 Å². The van der Waals surface area contributed by atoms with Crippen LogP contribution in [-0.2, 0) is 4.79 Å². The smallest absolute Gasteiger partial charge is 0.264 e. The van der Waals surface area contributed by atoms with Crippen molar-refractivity contribution < 1.29 is 19.1 Å². The molecule has 0 unspecified atom stereocenters. The van der Waals surface area contributed by atoms with Gasteiger partial charge in [-0.2, -0.15) is 0 Å². The second-order valence-electron chi connectivity index (χ2n) is 5.11. The second-order valence-corrected chi connectivity index (χ2v) is 5.11. The van der Waals surface area contributed by atoms with Crippen molar-refractivity contribution in [3.63, 3.8) is 0 Å². The number of hydrogen-bond acceptors (Lipinski definition) is 4. The number of carbonyl (C=O) groups excluding carboxylic acids is 2. The zero-order valence-electron chi connectivity index (χ0n) is 12.8. The minimum atomic E-state index is -0.229. The summed E-state index contributed by atoms with van der Waals surface area (Å²) in [5.74, 6) is 0.927. The van der Waals surface area contributed by atoms with E-state index in [-0.39, 0.29) is 18.4 Å². The Morgan fingerprint density at radius 2 is 1.96 bits per heavy atom. The highest BCUT2D eigenvalue weighted by molar-refractivity contribution is 6.05. The molecule has 2 aromatic carbocycles. The lowest BCUT2D eigenvalue weighted by Gasteiger charge is -2.26. The zero-order valence-corrected chi connectivity index (χ0v) is 12.8. The van der Waals surface area contributed by atoms with Crippen molar-refractivity contribution in [3.8, 4) is 11.5 Å². The third kappa shape index (κ3) is 2.96. The molecule has 3 rings (SSSR count). The van der Waals surface area contributed by atoms with Crippen molar-refractivity contribution in [1.82, 2.24) is 0 Å². The molecule has 0 spiro atoms. The average molecular weight is 312 g/mol. The fourth-order valence-electron chi connectivity index (χ4n) is 2.30. The van der Waals surface area contributed by atoms with E-state index in [0.29, 0.717) is 28.4 Å². The van der Waals surface area contributed by atoms with Crippen LogP contribution in [0, 0.1) is 0 Å². The maximum Gasteiger partial charge on any atom is 0.264 e. The molecule has 1 N–H and O–H groups in total. The summed E-state index contributed by atoms with van der Waals surface area (Å²) in [7, 11) is 3.27. The molecular weight excluding hydrogens is 296 g/mol. The van der Waals surface area contributed by atoms with Crippen molar-refractivity contribution >= 4 is 23.2 Å². The highest BCUT2D eigenvalue weighted by Gasteiger charge is 2.22.